The van der Waals surface area contributed by atoms with Crippen LogP contribution in [0, 0.1) is 11.8 Å². The van der Waals surface area contributed by atoms with Gasteiger partial charge in [0.1, 0.15) is 19.3 Å². The minimum atomic E-state index is -4.94. The number of esters is 4. The van der Waals surface area contributed by atoms with Gasteiger partial charge in [0.25, 0.3) is 0 Å². The summed E-state index contributed by atoms with van der Waals surface area (Å²) >= 11 is 0. The van der Waals surface area contributed by atoms with Gasteiger partial charge >= 0.3 is 39.5 Å². The zero-order valence-corrected chi connectivity index (χ0v) is 55.3. The summed E-state index contributed by atoms with van der Waals surface area (Å²) in [7, 11) is -9.88. The van der Waals surface area contributed by atoms with Crippen molar-refractivity contribution in [1.29, 1.82) is 0 Å². The summed E-state index contributed by atoms with van der Waals surface area (Å²) < 4.78 is 68.0. The summed E-state index contributed by atoms with van der Waals surface area (Å²) in [5, 5.41) is 10.5. The molecule has 0 spiro atoms. The standard InChI is InChI=1S/C64H124O17P2/c1-7-9-11-13-15-17-18-23-30-36-42-48-63(68)80-59(52-74-61(66)46-40-34-28-16-14-12-10-8-2)54-78-82(70,71)76-50-58(65)51-77-83(72,73)79-55-60(81-64(69)49-43-37-31-25-20-22-27-33-39-45-57(5)6)53-75-62(67)47-41-35-29-24-19-21-26-32-38-44-56(3)4/h56-60,65H,7-55H2,1-6H3,(H,70,71)(H,72,73)/t58-,59+,60+/m0/s1. The van der Waals surface area contributed by atoms with Crippen molar-refractivity contribution in [3.63, 3.8) is 0 Å². The van der Waals surface area contributed by atoms with E-state index in [0.717, 1.165) is 108 Å². The summed E-state index contributed by atoms with van der Waals surface area (Å²) in [5.74, 6) is -0.655. The summed E-state index contributed by atoms with van der Waals surface area (Å²) in [6.45, 7) is 9.43. The molecule has 3 N–H and O–H groups in total. The number of phosphoric acid groups is 2. The third-order valence-corrected chi connectivity index (χ3v) is 16.6. The molecule has 2 unspecified atom stereocenters. The number of carbonyl (C=O) groups excluding carboxylic acids is 4. The number of unbranched alkanes of at least 4 members (excludes halogenated alkanes) is 33. The number of carbonyl (C=O) groups is 4. The minimum Gasteiger partial charge on any atom is -0.462 e. The SMILES string of the molecule is CCCCCCCCCCCCCC(=O)O[C@H](COC(=O)CCCCCCCCCC)COP(=O)(O)OC[C@H](O)COP(=O)(O)OC[C@@H](COC(=O)CCCCCCCCCCCC(C)C)OC(=O)CCCCCCCCCCCC(C)C. The predicted molar refractivity (Wildman–Crippen MR) is 331 cm³/mol. The second-order valence-corrected chi connectivity index (χ2v) is 27.0. The average Bonchev–Trinajstić information content (AvgIpc) is 3.45. The number of rotatable bonds is 63. The molecular weight excluding hydrogens is 1100 g/mol. The molecule has 0 heterocycles. The highest BCUT2D eigenvalue weighted by Crippen LogP contribution is 2.45. The van der Waals surface area contributed by atoms with Crippen LogP contribution >= 0.6 is 15.6 Å². The average molecular weight is 1230 g/mol. The van der Waals surface area contributed by atoms with E-state index in [1.807, 2.05) is 0 Å². The lowest BCUT2D eigenvalue weighted by Crippen LogP contribution is -2.30. The number of aliphatic hydroxyl groups is 1. The van der Waals surface area contributed by atoms with Gasteiger partial charge in [-0.05, 0) is 37.5 Å². The van der Waals surface area contributed by atoms with Gasteiger partial charge in [0.05, 0.1) is 26.4 Å². The molecule has 0 aromatic carbocycles. The quantitative estimate of drug-likeness (QED) is 0.0222. The summed E-state index contributed by atoms with van der Waals surface area (Å²) in [4.78, 5) is 72.2. The fraction of sp³-hybridized carbons (Fsp3) is 0.938. The lowest BCUT2D eigenvalue weighted by molar-refractivity contribution is -0.161. The van der Waals surface area contributed by atoms with E-state index in [9.17, 15) is 43.2 Å². The molecule has 0 radical (unpaired) electrons. The van der Waals surface area contributed by atoms with Gasteiger partial charge in [0.15, 0.2) is 12.2 Å². The van der Waals surface area contributed by atoms with E-state index >= 15 is 0 Å². The van der Waals surface area contributed by atoms with E-state index in [1.54, 1.807) is 0 Å². The van der Waals surface area contributed by atoms with Crippen LogP contribution in [0.25, 0.3) is 0 Å². The normalized spacial score (nSPS) is 14.3. The number of aliphatic hydroxyl groups excluding tert-OH is 1. The third kappa shape index (κ3) is 58.8. The van der Waals surface area contributed by atoms with Crippen LogP contribution < -0.4 is 0 Å². The van der Waals surface area contributed by atoms with E-state index in [0.29, 0.717) is 25.7 Å². The maximum Gasteiger partial charge on any atom is 0.472 e. The first kappa shape index (κ1) is 81.1. The molecule has 0 aromatic rings. The Kier molecular flexibility index (Phi) is 55.2. The monoisotopic (exact) mass is 1230 g/mol. The van der Waals surface area contributed by atoms with Crippen molar-refractivity contribution in [1.82, 2.24) is 0 Å². The van der Waals surface area contributed by atoms with Crippen LogP contribution in [0.15, 0.2) is 0 Å². The molecule has 0 aliphatic rings. The molecule has 0 fully saturated rings. The van der Waals surface area contributed by atoms with Crippen LogP contribution in [0.5, 0.6) is 0 Å². The maximum atomic E-state index is 13.0. The first-order valence-corrected chi connectivity index (χ1v) is 36.5. The van der Waals surface area contributed by atoms with Crippen LogP contribution in [0.2, 0.25) is 0 Å². The van der Waals surface area contributed by atoms with Crippen molar-refractivity contribution < 1.29 is 80.2 Å². The van der Waals surface area contributed by atoms with Gasteiger partial charge in [0, 0.05) is 25.7 Å². The highest BCUT2D eigenvalue weighted by molar-refractivity contribution is 7.47. The molecule has 0 bridgehead atoms. The van der Waals surface area contributed by atoms with E-state index in [1.165, 1.54) is 128 Å². The smallest absolute Gasteiger partial charge is 0.462 e. The van der Waals surface area contributed by atoms with Crippen molar-refractivity contribution in [2.45, 2.75) is 336 Å². The zero-order chi connectivity index (χ0) is 61.5. The van der Waals surface area contributed by atoms with Gasteiger partial charge in [0.2, 0.25) is 0 Å². The molecule has 0 rings (SSSR count). The molecule has 0 aliphatic heterocycles. The second-order valence-electron chi connectivity index (χ2n) is 24.1. The highest BCUT2D eigenvalue weighted by atomic mass is 31.2. The van der Waals surface area contributed by atoms with Crippen molar-refractivity contribution in [2.75, 3.05) is 39.6 Å². The van der Waals surface area contributed by atoms with E-state index < -0.39 is 97.5 Å². The Balaban J connectivity index is 5.23. The Hall–Kier alpha value is -1.94. The van der Waals surface area contributed by atoms with Crippen LogP contribution in [0.4, 0.5) is 0 Å². The first-order chi connectivity index (χ1) is 39.9. The Bertz CT molecular complexity index is 1630. The number of hydrogen-bond donors (Lipinski definition) is 3. The van der Waals surface area contributed by atoms with Crippen LogP contribution in [-0.2, 0) is 65.4 Å². The van der Waals surface area contributed by atoms with Gasteiger partial charge in [-0.25, -0.2) is 9.13 Å². The molecule has 83 heavy (non-hydrogen) atoms. The number of ether oxygens (including phenoxy) is 4. The van der Waals surface area contributed by atoms with E-state index in [2.05, 4.69) is 41.5 Å². The zero-order valence-electron chi connectivity index (χ0n) is 53.5. The van der Waals surface area contributed by atoms with Gasteiger partial charge in [-0.15, -0.1) is 0 Å². The molecule has 0 amide bonds. The summed E-state index contributed by atoms with van der Waals surface area (Å²) in [5.41, 5.74) is 0. The molecule has 17 nitrogen and oxygen atoms in total. The van der Waals surface area contributed by atoms with E-state index in [-0.39, 0.29) is 25.7 Å². The molecule has 19 heteroatoms. The Morgan fingerprint density at radius 2 is 0.554 bits per heavy atom. The van der Waals surface area contributed by atoms with Crippen molar-refractivity contribution in [2.24, 2.45) is 11.8 Å². The largest absolute Gasteiger partial charge is 0.472 e. The minimum absolute atomic E-state index is 0.105. The summed E-state index contributed by atoms with van der Waals surface area (Å²) in [6.07, 6.45) is 38.9. The van der Waals surface area contributed by atoms with Crippen molar-refractivity contribution in [3.05, 3.63) is 0 Å². The van der Waals surface area contributed by atoms with Gasteiger partial charge in [-0.1, -0.05) is 266 Å². The topological polar surface area (TPSA) is 237 Å². The highest BCUT2D eigenvalue weighted by Gasteiger charge is 2.30. The predicted octanol–water partition coefficient (Wildman–Crippen LogP) is 17.7. The third-order valence-electron chi connectivity index (χ3n) is 14.7. The van der Waals surface area contributed by atoms with Gasteiger partial charge in [-0.3, -0.25) is 37.3 Å². The first-order valence-electron chi connectivity index (χ1n) is 33.5. The van der Waals surface area contributed by atoms with E-state index in [4.69, 9.17) is 37.0 Å². The Morgan fingerprint density at radius 1 is 0.325 bits per heavy atom. The lowest BCUT2D eigenvalue weighted by Gasteiger charge is -2.21. The van der Waals surface area contributed by atoms with Crippen LogP contribution in [-0.4, -0.2) is 96.7 Å². The molecule has 0 saturated carbocycles. The molecule has 5 atom stereocenters. The lowest BCUT2D eigenvalue weighted by atomic mass is 10.0. The number of phosphoric ester groups is 2. The molecular formula is C64H124O17P2. The van der Waals surface area contributed by atoms with Crippen LogP contribution in [0.1, 0.15) is 318 Å². The molecule has 492 valence electrons. The maximum absolute atomic E-state index is 13.0. The second kappa shape index (κ2) is 56.6. The molecule has 0 saturated heterocycles. The van der Waals surface area contributed by atoms with Gasteiger partial charge < -0.3 is 33.8 Å². The molecule has 0 aliphatic carbocycles. The fourth-order valence-corrected chi connectivity index (χ4v) is 11.1. The summed E-state index contributed by atoms with van der Waals surface area (Å²) in [6, 6.07) is 0. The Labute approximate surface area is 505 Å². The van der Waals surface area contributed by atoms with Gasteiger partial charge in [-0.2, -0.15) is 0 Å². The molecule has 0 aromatic heterocycles. The van der Waals surface area contributed by atoms with Crippen molar-refractivity contribution >= 4 is 39.5 Å². The number of hydrogen-bond acceptors (Lipinski definition) is 15. The fourth-order valence-electron chi connectivity index (χ4n) is 9.53. The van der Waals surface area contributed by atoms with Crippen LogP contribution in [0.3, 0.4) is 0 Å². The Morgan fingerprint density at radius 3 is 0.819 bits per heavy atom. The van der Waals surface area contributed by atoms with Crippen molar-refractivity contribution in [3.8, 4) is 0 Å².